The van der Waals surface area contributed by atoms with Crippen LogP contribution in [-0.4, -0.2) is 11.5 Å². The molecule has 0 radical (unpaired) electrons. The van der Waals surface area contributed by atoms with Crippen LogP contribution in [0.15, 0.2) is 36.0 Å². The third kappa shape index (κ3) is 3.62. The van der Waals surface area contributed by atoms with E-state index in [0.29, 0.717) is 0 Å². The van der Waals surface area contributed by atoms with Crippen LogP contribution in [0.1, 0.15) is 29.8 Å². The first-order chi connectivity index (χ1) is 8.79. The van der Waals surface area contributed by atoms with Crippen molar-refractivity contribution in [1.82, 2.24) is 10.3 Å². The molecule has 0 saturated carbocycles. The second-order valence-corrected chi connectivity index (χ2v) is 5.20. The normalized spacial score (nSPS) is 12.6. The van der Waals surface area contributed by atoms with Crippen molar-refractivity contribution in [3.8, 4) is 0 Å². The molecule has 1 atom stereocenters. The number of nitrogens with one attached hydrogen (secondary N) is 1. The van der Waals surface area contributed by atoms with E-state index in [1.54, 1.807) is 11.3 Å². The fourth-order valence-corrected chi connectivity index (χ4v) is 2.51. The number of rotatable bonds is 6. The van der Waals surface area contributed by atoms with Gasteiger partial charge in [-0.1, -0.05) is 19.1 Å². The van der Waals surface area contributed by atoms with E-state index in [9.17, 15) is 4.39 Å². The van der Waals surface area contributed by atoms with Crippen molar-refractivity contribution in [3.05, 3.63) is 52.2 Å². The highest BCUT2D eigenvalue weighted by Gasteiger charge is 2.12. The van der Waals surface area contributed by atoms with Gasteiger partial charge in [-0.05, 0) is 30.7 Å². The Hall–Kier alpha value is -1.26. The van der Waals surface area contributed by atoms with Crippen LogP contribution in [-0.2, 0) is 6.42 Å². The van der Waals surface area contributed by atoms with Gasteiger partial charge in [0.1, 0.15) is 5.82 Å². The van der Waals surface area contributed by atoms with Crippen molar-refractivity contribution >= 4 is 11.3 Å². The Morgan fingerprint density at radius 3 is 2.72 bits per heavy atom. The molecule has 1 unspecified atom stereocenters. The van der Waals surface area contributed by atoms with E-state index < -0.39 is 0 Å². The summed E-state index contributed by atoms with van der Waals surface area (Å²) in [5.41, 5.74) is 2.97. The van der Waals surface area contributed by atoms with Crippen LogP contribution < -0.4 is 5.32 Å². The Morgan fingerprint density at radius 2 is 2.11 bits per heavy atom. The van der Waals surface area contributed by atoms with Crippen molar-refractivity contribution in [2.45, 2.75) is 25.8 Å². The van der Waals surface area contributed by atoms with Gasteiger partial charge in [0.15, 0.2) is 0 Å². The second kappa shape index (κ2) is 6.61. The van der Waals surface area contributed by atoms with Crippen LogP contribution in [0.2, 0.25) is 0 Å². The minimum absolute atomic E-state index is 0.189. The highest BCUT2D eigenvalue weighted by molar-refractivity contribution is 7.09. The molecule has 0 bridgehead atoms. The number of thiazole rings is 1. The molecular weight excluding hydrogens is 247 g/mol. The molecule has 18 heavy (non-hydrogen) atoms. The highest BCUT2D eigenvalue weighted by atomic mass is 32.1. The Kier molecular flexibility index (Phi) is 4.84. The minimum Gasteiger partial charge on any atom is -0.310 e. The molecule has 96 valence electrons. The van der Waals surface area contributed by atoms with Crippen molar-refractivity contribution in [2.24, 2.45) is 0 Å². The van der Waals surface area contributed by atoms with E-state index in [2.05, 4.69) is 17.2 Å². The van der Waals surface area contributed by atoms with Crippen LogP contribution >= 0.6 is 11.3 Å². The second-order valence-electron chi connectivity index (χ2n) is 4.23. The van der Waals surface area contributed by atoms with E-state index in [0.717, 1.165) is 24.9 Å². The smallest absolute Gasteiger partial charge is 0.123 e. The Labute approximate surface area is 111 Å². The van der Waals surface area contributed by atoms with Gasteiger partial charge in [-0.25, -0.2) is 4.39 Å². The number of hydrogen-bond donors (Lipinski definition) is 1. The van der Waals surface area contributed by atoms with E-state index >= 15 is 0 Å². The maximum atomic E-state index is 13.0. The topological polar surface area (TPSA) is 24.9 Å². The molecule has 0 aliphatic heterocycles. The number of hydrogen-bond acceptors (Lipinski definition) is 3. The maximum Gasteiger partial charge on any atom is 0.123 e. The van der Waals surface area contributed by atoms with Crippen molar-refractivity contribution in [2.75, 3.05) is 6.54 Å². The largest absolute Gasteiger partial charge is 0.310 e. The minimum atomic E-state index is -0.189. The lowest BCUT2D eigenvalue weighted by atomic mass is 10.0. The van der Waals surface area contributed by atoms with Gasteiger partial charge in [0.05, 0.1) is 5.51 Å². The SMILES string of the molecule is CCCNC(Cc1cncs1)c1ccc(F)cc1. The number of nitrogens with zero attached hydrogens (tertiary/aromatic N) is 1. The van der Waals surface area contributed by atoms with E-state index in [1.807, 2.05) is 23.8 Å². The molecule has 2 nitrogen and oxygen atoms in total. The Balaban J connectivity index is 2.11. The number of halogens is 1. The summed E-state index contributed by atoms with van der Waals surface area (Å²) in [4.78, 5) is 5.34. The van der Waals surface area contributed by atoms with Crippen LogP contribution in [0.4, 0.5) is 4.39 Å². The van der Waals surface area contributed by atoms with Crippen LogP contribution in [0.3, 0.4) is 0 Å². The van der Waals surface area contributed by atoms with E-state index in [-0.39, 0.29) is 11.9 Å². The lowest BCUT2D eigenvalue weighted by Gasteiger charge is -2.18. The van der Waals surface area contributed by atoms with Gasteiger partial charge in [0.25, 0.3) is 0 Å². The zero-order valence-electron chi connectivity index (χ0n) is 10.4. The number of benzene rings is 1. The monoisotopic (exact) mass is 264 g/mol. The van der Waals surface area contributed by atoms with Gasteiger partial charge >= 0.3 is 0 Å². The first-order valence-corrected chi connectivity index (χ1v) is 7.03. The van der Waals surface area contributed by atoms with Crippen LogP contribution in [0, 0.1) is 5.82 Å². The van der Waals surface area contributed by atoms with Crippen LogP contribution in [0.25, 0.3) is 0 Å². The molecular formula is C14H17FN2S. The summed E-state index contributed by atoms with van der Waals surface area (Å²) >= 11 is 1.66. The van der Waals surface area contributed by atoms with Gasteiger partial charge < -0.3 is 5.32 Å². The third-order valence-corrected chi connectivity index (χ3v) is 3.60. The third-order valence-electron chi connectivity index (χ3n) is 2.80. The fraction of sp³-hybridized carbons (Fsp3) is 0.357. The molecule has 0 aliphatic rings. The highest BCUT2D eigenvalue weighted by Crippen LogP contribution is 2.20. The zero-order chi connectivity index (χ0) is 12.8. The van der Waals surface area contributed by atoms with E-state index in [4.69, 9.17) is 0 Å². The molecule has 1 aromatic carbocycles. The van der Waals surface area contributed by atoms with E-state index in [1.165, 1.54) is 17.0 Å². The molecule has 1 N–H and O–H groups in total. The maximum absolute atomic E-state index is 13.0. The summed E-state index contributed by atoms with van der Waals surface area (Å²) in [6.07, 6.45) is 3.88. The summed E-state index contributed by atoms with van der Waals surface area (Å²) in [6, 6.07) is 6.96. The summed E-state index contributed by atoms with van der Waals surface area (Å²) < 4.78 is 13.0. The molecule has 1 heterocycles. The average molecular weight is 264 g/mol. The van der Waals surface area contributed by atoms with Crippen LogP contribution in [0.5, 0.6) is 0 Å². The standard InChI is InChI=1S/C14H17FN2S/c1-2-7-17-14(8-13-9-16-10-18-13)11-3-5-12(15)6-4-11/h3-6,9-10,14,17H,2,7-8H2,1H3. The van der Waals surface area contributed by atoms with Crippen molar-refractivity contribution < 1.29 is 4.39 Å². The molecule has 0 amide bonds. The molecule has 0 aliphatic carbocycles. The summed E-state index contributed by atoms with van der Waals surface area (Å²) in [5, 5.41) is 3.50. The average Bonchev–Trinajstić information content (AvgIpc) is 2.88. The molecule has 2 aromatic rings. The molecule has 0 fully saturated rings. The van der Waals surface area contributed by atoms with Gasteiger partial charge in [-0.3, -0.25) is 4.98 Å². The summed E-state index contributed by atoms with van der Waals surface area (Å²) in [5.74, 6) is -0.189. The summed E-state index contributed by atoms with van der Waals surface area (Å²) in [7, 11) is 0. The Bertz CT molecular complexity index is 453. The van der Waals surface area contributed by atoms with Gasteiger partial charge in [0, 0.05) is 23.5 Å². The zero-order valence-corrected chi connectivity index (χ0v) is 11.2. The molecule has 2 rings (SSSR count). The first kappa shape index (κ1) is 13.2. The lowest BCUT2D eigenvalue weighted by molar-refractivity contribution is 0.530. The molecule has 4 heteroatoms. The lowest BCUT2D eigenvalue weighted by Crippen LogP contribution is -2.23. The van der Waals surface area contributed by atoms with Gasteiger partial charge in [0.2, 0.25) is 0 Å². The van der Waals surface area contributed by atoms with Gasteiger partial charge in [-0.15, -0.1) is 11.3 Å². The predicted octanol–water partition coefficient (Wildman–Crippen LogP) is 3.57. The predicted molar refractivity (Wildman–Crippen MR) is 73.3 cm³/mol. The quantitative estimate of drug-likeness (QED) is 0.863. The molecule has 0 spiro atoms. The van der Waals surface area contributed by atoms with Crippen molar-refractivity contribution in [3.63, 3.8) is 0 Å². The first-order valence-electron chi connectivity index (χ1n) is 6.16. The fourth-order valence-electron chi connectivity index (χ4n) is 1.87. The number of aromatic nitrogens is 1. The molecule has 0 saturated heterocycles. The molecule has 1 aromatic heterocycles. The van der Waals surface area contributed by atoms with Gasteiger partial charge in [-0.2, -0.15) is 0 Å². The summed E-state index contributed by atoms with van der Waals surface area (Å²) in [6.45, 7) is 3.10. The van der Waals surface area contributed by atoms with Crippen molar-refractivity contribution in [1.29, 1.82) is 0 Å². The Morgan fingerprint density at radius 1 is 1.33 bits per heavy atom.